The highest BCUT2D eigenvalue weighted by Gasteiger charge is 3.01. The van der Waals surface area contributed by atoms with Gasteiger partial charge >= 0.3 is 106 Å². The molecule has 0 spiro atoms. The summed E-state index contributed by atoms with van der Waals surface area (Å²) in [6.07, 6.45) is -17.1. The second-order valence-electron chi connectivity index (χ2n) is 14.9. The van der Waals surface area contributed by atoms with E-state index in [9.17, 15) is 114 Å². The van der Waals surface area contributed by atoms with Crippen molar-refractivity contribution in [2.75, 3.05) is 0 Å². The SMILES string of the molecule is O=S(=O)(C(F)(F)C(F)(F)C(F)(F)C(F)(c1ccc(F)cc1)C(F)(F)C(F)(F)C(F)(F)C(F)(F)C(F)(F)C(F)(F)F)C(F)(F)C(F)(F)C(F)(F)C(F)(c1ccc(F)cc1)C(F)(F)C(F)(F)C(F)(F)C(F)(F)C(F)(F)C(F)(F)F. The van der Waals surface area contributed by atoms with Gasteiger partial charge in [0.2, 0.25) is 0 Å². The number of halogens is 42. The predicted molar refractivity (Wildman–Crippen MR) is 159 cm³/mol. The summed E-state index contributed by atoms with van der Waals surface area (Å²) in [5, 5.41) is -20.6. The summed E-state index contributed by atoms with van der Waals surface area (Å²) < 4.78 is 630. The number of hydrogen-bond acceptors (Lipinski definition) is 2. The van der Waals surface area contributed by atoms with Crippen LogP contribution in [0.4, 0.5) is 184 Å². The molecule has 45 heteroatoms. The number of alkyl halides is 40. The Bertz CT molecular complexity index is 2420. The van der Waals surface area contributed by atoms with Gasteiger partial charge in [-0.3, -0.25) is 0 Å². The van der Waals surface area contributed by atoms with E-state index in [2.05, 4.69) is 0 Å². The topological polar surface area (TPSA) is 34.1 Å². The Kier molecular flexibility index (Phi) is 15.8. The van der Waals surface area contributed by atoms with Crippen LogP contribution in [0.2, 0.25) is 0 Å². The van der Waals surface area contributed by atoms with Crippen LogP contribution in [-0.4, -0.2) is 114 Å². The summed E-state index contributed by atoms with van der Waals surface area (Å²) in [7, 11) is -11.5. The molecule has 2 rings (SSSR count). The molecule has 0 N–H and O–H groups in total. The molecule has 0 saturated carbocycles. The first-order chi connectivity index (χ1) is 33.0. The molecule has 2 aromatic carbocycles. The molecule has 448 valence electrons. The third kappa shape index (κ3) is 8.01. The van der Waals surface area contributed by atoms with Gasteiger partial charge in [-0.25, -0.2) is 26.0 Å². The maximum absolute atomic E-state index is 16.2. The van der Waals surface area contributed by atoms with E-state index in [0.717, 1.165) is 0 Å². The largest absolute Gasteiger partial charge is 0.460 e. The summed E-state index contributed by atoms with van der Waals surface area (Å²) in [6, 6.07) is -12.1. The fourth-order valence-corrected chi connectivity index (χ4v) is 7.00. The first-order valence-corrected chi connectivity index (χ1v) is 18.8. The average molecular weight is 1250 g/mol. The molecule has 0 radical (unpaired) electrons. The van der Waals surface area contributed by atoms with E-state index in [1.54, 1.807) is 0 Å². The smallest absolute Gasteiger partial charge is 0.225 e. The van der Waals surface area contributed by atoms with Crippen LogP contribution in [0.25, 0.3) is 0 Å². The zero-order chi connectivity index (χ0) is 62.5. The van der Waals surface area contributed by atoms with Gasteiger partial charge in [-0.2, -0.15) is 167 Å². The Hall–Kier alpha value is -4.55. The molecular formula is C32H8F42O2S. The van der Waals surface area contributed by atoms with Crippen molar-refractivity contribution in [1.82, 2.24) is 0 Å². The zero-order valence-corrected chi connectivity index (χ0v) is 34.5. The molecular weight excluding hydrogens is 1250 g/mol. The molecule has 0 aromatic heterocycles. The van der Waals surface area contributed by atoms with E-state index in [4.69, 9.17) is 0 Å². The van der Waals surface area contributed by atoms with Crippen LogP contribution in [0.1, 0.15) is 11.1 Å². The minimum absolute atomic E-state index is 1.23. The van der Waals surface area contributed by atoms with Gasteiger partial charge in [0.05, 0.1) is 0 Å². The van der Waals surface area contributed by atoms with Crippen LogP contribution in [0.3, 0.4) is 0 Å². The number of sulfone groups is 1. The normalized spacial score (nSPS) is 17.8. The average Bonchev–Trinajstić information content (AvgIpc) is 3.24. The highest BCUT2D eigenvalue weighted by molar-refractivity contribution is 7.93. The van der Waals surface area contributed by atoms with Gasteiger partial charge in [-0.15, -0.1) is 0 Å². The summed E-state index contributed by atoms with van der Waals surface area (Å²) >= 11 is 0. The van der Waals surface area contributed by atoms with Gasteiger partial charge in [0.25, 0.3) is 21.2 Å². The lowest BCUT2D eigenvalue weighted by Gasteiger charge is -2.49. The van der Waals surface area contributed by atoms with Crippen LogP contribution in [0.5, 0.6) is 0 Å². The molecule has 0 aliphatic rings. The van der Waals surface area contributed by atoms with Crippen molar-refractivity contribution < 1.29 is 193 Å². The van der Waals surface area contributed by atoms with Gasteiger partial charge in [-0.05, 0) is 24.3 Å². The van der Waals surface area contributed by atoms with Crippen LogP contribution < -0.4 is 0 Å². The van der Waals surface area contributed by atoms with Crippen LogP contribution in [0, 0.1) is 11.6 Å². The minimum atomic E-state index is -11.5. The molecule has 2 unspecified atom stereocenters. The summed E-state index contributed by atoms with van der Waals surface area (Å²) in [5.41, 5.74) is -27.3. The molecule has 0 bridgehead atoms. The first kappa shape index (κ1) is 68.6. The van der Waals surface area contributed by atoms with Crippen molar-refractivity contribution in [3.8, 4) is 0 Å². The second-order valence-corrected chi connectivity index (χ2v) is 16.9. The van der Waals surface area contributed by atoms with Crippen molar-refractivity contribution in [3.05, 3.63) is 71.3 Å². The van der Waals surface area contributed by atoms with Crippen molar-refractivity contribution in [2.24, 2.45) is 0 Å². The third-order valence-corrected chi connectivity index (χ3v) is 12.1. The van der Waals surface area contributed by atoms with Crippen molar-refractivity contribution >= 4 is 9.84 Å². The van der Waals surface area contributed by atoms with E-state index in [0.29, 0.717) is 0 Å². The zero-order valence-electron chi connectivity index (χ0n) is 33.7. The van der Waals surface area contributed by atoms with E-state index in [1.807, 2.05) is 0 Å². The molecule has 0 heterocycles. The van der Waals surface area contributed by atoms with Crippen LogP contribution in [-0.2, 0) is 21.2 Å². The lowest BCUT2D eigenvalue weighted by molar-refractivity contribution is -0.462. The molecule has 0 aliphatic carbocycles. The number of benzene rings is 2. The van der Waals surface area contributed by atoms with E-state index in [-0.39, 0.29) is 0 Å². The van der Waals surface area contributed by atoms with Gasteiger partial charge in [0.15, 0.2) is 0 Å². The summed E-state index contributed by atoms with van der Waals surface area (Å²) in [5.74, 6) is -142. The molecule has 0 saturated heterocycles. The fourth-order valence-electron chi connectivity index (χ4n) is 5.75. The fraction of sp³-hybridized carbons (Fsp3) is 0.625. The van der Waals surface area contributed by atoms with Gasteiger partial charge in [0.1, 0.15) is 11.6 Å². The Morgan fingerprint density at radius 1 is 0.221 bits per heavy atom. The van der Waals surface area contributed by atoms with E-state index >= 15 is 79.0 Å². The number of rotatable bonds is 20. The number of hydrogen-bond donors (Lipinski definition) is 0. The Morgan fingerprint density at radius 2 is 0.377 bits per heavy atom. The van der Waals surface area contributed by atoms with Gasteiger partial charge < -0.3 is 0 Å². The third-order valence-electron chi connectivity index (χ3n) is 10.3. The molecule has 2 atom stereocenters. The molecule has 0 amide bonds. The van der Waals surface area contributed by atoms with Crippen molar-refractivity contribution in [2.45, 2.75) is 117 Å². The molecule has 2 aromatic rings. The minimum Gasteiger partial charge on any atom is -0.225 e. The standard InChI is InChI=1S/C32H8F42O2S/c33-11-5-1-9(2-6-11)13(35,15(37,38)19(45,46)21(49,50)23(53,54)25(57,58)29(65,66)67)17(41,42)27(61,62)31(71,72)77(75,76)32(73,74)28(63,64)18(43,44)14(36,10-3-7-12(34)8-4-10)16(39,40)20(47,48)22(51,52)24(55,56)26(59,60)30(68,69)70/h1-8H. The summed E-state index contributed by atoms with van der Waals surface area (Å²) in [4.78, 5) is 0. The van der Waals surface area contributed by atoms with Gasteiger partial charge in [-0.1, -0.05) is 24.3 Å². The van der Waals surface area contributed by atoms with Crippen LogP contribution >= 0.6 is 0 Å². The van der Waals surface area contributed by atoms with E-state index in [1.165, 1.54) is 0 Å². The molecule has 0 aliphatic heterocycles. The lowest BCUT2D eigenvalue weighted by atomic mass is 9.75. The maximum Gasteiger partial charge on any atom is 0.460 e. The predicted octanol–water partition coefficient (Wildman–Crippen LogP) is 15.6. The lowest BCUT2D eigenvalue weighted by Crippen LogP contribution is -2.78. The van der Waals surface area contributed by atoms with E-state index < -0.39 is 198 Å². The maximum atomic E-state index is 16.2. The summed E-state index contributed by atoms with van der Waals surface area (Å²) in [6.45, 7) is 0. The second kappa shape index (κ2) is 17.7. The first-order valence-electron chi connectivity index (χ1n) is 17.3. The molecule has 0 fully saturated rings. The van der Waals surface area contributed by atoms with Gasteiger partial charge in [0, 0.05) is 11.1 Å². The van der Waals surface area contributed by atoms with Crippen molar-refractivity contribution in [1.29, 1.82) is 0 Å². The Balaban J connectivity index is 3.28. The molecule has 2 nitrogen and oxygen atoms in total. The molecule has 77 heavy (non-hydrogen) atoms. The highest BCUT2D eigenvalue weighted by atomic mass is 32.2. The monoisotopic (exact) mass is 1250 g/mol. The quantitative estimate of drug-likeness (QED) is 0.124. The Morgan fingerprint density at radius 3 is 0.558 bits per heavy atom. The van der Waals surface area contributed by atoms with Crippen molar-refractivity contribution in [3.63, 3.8) is 0 Å². The highest BCUT2D eigenvalue weighted by Crippen LogP contribution is 2.72. The van der Waals surface area contributed by atoms with Crippen LogP contribution in [0.15, 0.2) is 48.5 Å². The Labute approximate surface area is 391 Å².